The third kappa shape index (κ3) is 4.84. The Bertz CT molecular complexity index is 1220. The highest BCUT2D eigenvalue weighted by molar-refractivity contribution is 7.99. The normalized spacial score (nSPS) is 10.8. The fourth-order valence-electron chi connectivity index (χ4n) is 3.28. The Hall–Kier alpha value is -3.17. The summed E-state index contributed by atoms with van der Waals surface area (Å²) in [6.45, 7) is 4.11. The average Bonchev–Trinajstić information content (AvgIpc) is 3.43. The number of thioether (sulfide) groups is 1. The highest BCUT2D eigenvalue weighted by atomic mass is 32.2. The summed E-state index contributed by atoms with van der Waals surface area (Å²) in [5, 5.41) is 12.4. The molecule has 0 saturated heterocycles. The van der Waals surface area contributed by atoms with E-state index in [4.69, 9.17) is 4.74 Å². The summed E-state index contributed by atoms with van der Waals surface area (Å²) in [6, 6.07) is 15.8. The molecule has 2 aromatic carbocycles. The van der Waals surface area contributed by atoms with Crippen molar-refractivity contribution in [1.29, 1.82) is 0 Å². The lowest BCUT2D eigenvalue weighted by Gasteiger charge is -2.10. The summed E-state index contributed by atoms with van der Waals surface area (Å²) in [7, 11) is 1.64. The first-order valence-corrected chi connectivity index (χ1v) is 11.9. The molecule has 0 unspecified atom stereocenters. The molecule has 0 atom stereocenters. The van der Waals surface area contributed by atoms with Gasteiger partial charge in [0, 0.05) is 10.4 Å². The first kappa shape index (κ1) is 22.0. The minimum atomic E-state index is -0.136. The van der Waals surface area contributed by atoms with Crippen molar-refractivity contribution in [3.05, 3.63) is 65.3 Å². The summed E-state index contributed by atoms with van der Waals surface area (Å²) in [5.41, 5.74) is 4.07. The molecular weight excluding hydrogens is 442 g/mol. The maximum Gasteiger partial charge on any atom is 0.236 e. The Morgan fingerprint density at radius 2 is 1.97 bits per heavy atom. The van der Waals surface area contributed by atoms with E-state index in [2.05, 4.69) is 33.5 Å². The van der Waals surface area contributed by atoms with Crippen molar-refractivity contribution in [2.45, 2.75) is 25.4 Å². The highest BCUT2D eigenvalue weighted by Crippen LogP contribution is 2.31. The lowest BCUT2D eigenvalue weighted by atomic mass is 10.1. The molecule has 0 aliphatic rings. The number of amides is 1. The zero-order valence-electron chi connectivity index (χ0n) is 18.0. The third-order valence-corrected chi connectivity index (χ3v) is 6.72. The van der Waals surface area contributed by atoms with Crippen LogP contribution in [0.5, 0.6) is 5.75 Å². The van der Waals surface area contributed by atoms with Gasteiger partial charge in [-0.2, -0.15) is 0 Å². The molecule has 4 rings (SSSR count). The van der Waals surface area contributed by atoms with Gasteiger partial charge < -0.3 is 10.1 Å². The van der Waals surface area contributed by atoms with Crippen molar-refractivity contribution in [3.8, 4) is 22.7 Å². The number of nitrogens with zero attached hydrogens (tertiary/aromatic N) is 4. The Balaban J connectivity index is 1.42. The Labute approximate surface area is 194 Å². The summed E-state index contributed by atoms with van der Waals surface area (Å²) in [4.78, 5) is 18.2. The van der Waals surface area contributed by atoms with Crippen molar-refractivity contribution in [2.24, 2.45) is 0 Å². The lowest BCUT2D eigenvalue weighted by molar-refractivity contribution is -0.113. The van der Waals surface area contributed by atoms with Gasteiger partial charge in [0.15, 0.2) is 10.3 Å². The van der Waals surface area contributed by atoms with E-state index in [1.54, 1.807) is 13.4 Å². The molecule has 4 aromatic rings. The number of hydrogen-bond acceptors (Lipinski definition) is 7. The Morgan fingerprint density at radius 1 is 1.19 bits per heavy atom. The van der Waals surface area contributed by atoms with Gasteiger partial charge in [0.1, 0.15) is 12.1 Å². The molecule has 2 aromatic heterocycles. The van der Waals surface area contributed by atoms with Crippen molar-refractivity contribution in [2.75, 3.05) is 18.2 Å². The average molecular weight is 466 g/mol. The largest absolute Gasteiger partial charge is 0.497 e. The summed E-state index contributed by atoms with van der Waals surface area (Å²) >= 11 is 2.81. The molecule has 9 heteroatoms. The van der Waals surface area contributed by atoms with Crippen LogP contribution in [0.25, 0.3) is 16.9 Å². The van der Waals surface area contributed by atoms with Crippen LogP contribution in [-0.4, -0.2) is 38.5 Å². The van der Waals surface area contributed by atoms with Gasteiger partial charge in [-0.25, -0.2) is 4.98 Å². The molecule has 0 radical (unpaired) electrons. The number of ether oxygens (including phenoxy) is 1. The number of rotatable bonds is 8. The second kappa shape index (κ2) is 9.97. The molecule has 7 nitrogen and oxygen atoms in total. The maximum absolute atomic E-state index is 12.6. The SMILES string of the molecule is CCc1ccccc1-n1cnnc1SCC(=O)Nc1nc(-c2ccc(OC)cc2)c(C)s1. The Kier molecular flexibility index (Phi) is 6.87. The van der Waals surface area contributed by atoms with Crippen LogP contribution in [-0.2, 0) is 11.2 Å². The first-order valence-electron chi connectivity index (χ1n) is 10.1. The van der Waals surface area contributed by atoms with Crippen LogP contribution in [0.15, 0.2) is 60.0 Å². The van der Waals surface area contributed by atoms with Gasteiger partial charge in [-0.3, -0.25) is 9.36 Å². The number of aryl methyl sites for hydroxylation is 2. The fourth-order valence-corrected chi connectivity index (χ4v) is 4.86. The zero-order chi connectivity index (χ0) is 22.5. The minimum absolute atomic E-state index is 0.136. The third-order valence-electron chi connectivity index (χ3n) is 4.89. The number of nitrogens with one attached hydrogen (secondary N) is 1. The minimum Gasteiger partial charge on any atom is -0.497 e. The zero-order valence-corrected chi connectivity index (χ0v) is 19.7. The van der Waals surface area contributed by atoms with Crippen molar-refractivity contribution in [3.63, 3.8) is 0 Å². The number of thiazole rings is 1. The van der Waals surface area contributed by atoms with E-state index in [1.165, 1.54) is 28.7 Å². The van der Waals surface area contributed by atoms with E-state index in [0.29, 0.717) is 10.3 Å². The molecule has 0 fully saturated rings. The van der Waals surface area contributed by atoms with Gasteiger partial charge in [-0.1, -0.05) is 36.9 Å². The lowest BCUT2D eigenvalue weighted by Crippen LogP contribution is -2.14. The van der Waals surface area contributed by atoms with Gasteiger partial charge in [0.25, 0.3) is 0 Å². The van der Waals surface area contributed by atoms with Crippen molar-refractivity contribution >= 4 is 34.1 Å². The number of aromatic nitrogens is 4. The topological polar surface area (TPSA) is 81.9 Å². The smallest absolute Gasteiger partial charge is 0.236 e. The monoisotopic (exact) mass is 465 g/mol. The standard InChI is InChI=1S/C23H23N5O2S2/c1-4-16-7-5-6-8-19(16)28-14-24-27-23(28)31-13-20(29)25-22-26-21(15(2)32-22)17-9-11-18(30-3)12-10-17/h5-12,14H,4,13H2,1-3H3,(H,25,26,29). The highest BCUT2D eigenvalue weighted by Gasteiger charge is 2.15. The van der Waals surface area contributed by atoms with Gasteiger partial charge in [-0.05, 0) is 49.2 Å². The van der Waals surface area contributed by atoms with Crippen molar-refractivity contribution in [1.82, 2.24) is 19.7 Å². The molecule has 0 bridgehead atoms. The number of anilines is 1. The summed E-state index contributed by atoms with van der Waals surface area (Å²) < 4.78 is 7.13. The fraction of sp³-hybridized carbons (Fsp3) is 0.217. The number of hydrogen-bond donors (Lipinski definition) is 1. The van der Waals surface area contributed by atoms with E-state index in [1.807, 2.05) is 54.0 Å². The first-order chi connectivity index (χ1) is 15.6. The second-order valence-corrected chi connectivity index (χ2v) is 9.10. The van der Waals surface area contributed by atoms with Crippen LogP contribution in [0.3, 0.4) is 0 Å². The van der Waals surface area contributed by atoms with Gasteiger partial charge in [0.05, 0.1) is 24.2 Å². The van der Waals surface area contributed by atoms with Crippen LogP contribution in [0.1, 0.15) is 17.4 Å². The molecule has 0 saturated carbocycles. The molecule has 0 aliphatic carbocycles. The van der Waals surface area contributed by atoms with Crippen LogP contribution in [0.2, 0.25) is 0 Å². The predicted octanol–water partition coefficient (Wildman–Crippen LogP) is 5.00. The van der Waals surface area contributed by atoms with E-state index in [0.717, 1.165) is 34.0 Å². The summed E-state index contributed by atoms with van der Waals surface area (Å²) in [5.74, 6) is 0.869. The molecule has 2 heterocycles. The van der Waals surface area contributed by atoms with E-state index >= 15 is 0 Å². The molecular formula is C23H23N5O2S2. The van der Waals surface area contributed by atoms with Gasteiger partial charge >= 0.3 is 0 Å². The molecule has 164 valence electrons. The van der Waals surface area contributed by atoms with E-state index in [9.17, 15) is 4.79 Å². The number of benzene rings is 2. The molecule has 1 amide bonds. The van der Waals surface area contributed by atoms with E-state index in [-0.39, 0.29) is 11.7 Å². The number of methoxy groups -OCH3 is 1. The Morgan fingerprint density at radius 3 is 2.72 bits per heavy atom. The van der Waals surface area contributed by atoms with Crippen LogP contribution in [0.4, 0.5) is 5.13 Å². The second-order valence-electron chi connectivity index (χ2n) is 6.95. The van der Waals surface area contributed by atoms with Gasteiger partial charge in [0.2, 0.25) is 5.91 Å². The molecule has 0 spiro atoms. The number of carbonyl (C=O) groups is 1. The van der Waals surface area contributed by atoms with Crippen molar-refractivity contribution < 1.29 is 9.53 Å². The quantitative estimate of drug-likeness (QED) is 0.369. The summed E-state index contributed by atoms with van der Waals surface area (Å²) in [6.07, 6.45) is 2.58. The molecule has 1 N–H and O–H groups in total. The van der Waals surface area contributed by atoms with Crippen LogP contribution in [0, 0.1) is 6.92 Å². The van der Waals surface area contributed by atoms with Crippen LogP contribution < -0.4 is 10.1 Å². The maximum atomic E-state index is 12.6. The number of para-hydroxylation sites is 1. The van der Waals surface area contributed by atoms with Crippen LogP contribution >= 0.6 is 23.1 Å². The van der Waals surface area contributed by atoms with Gasteiger partial charge in [-0.15, -0.1) is 21.5 Å². The number of carbonyl (C=O) groups excluding carboxylic acids is 1. The molecule has 0 aliphatic heterocycles. The predicted molar refractivity (Wildman–Crippen MR) is 129 cm³/mol. The molecule has 32 heavy (non-hydrogen) atoms. The van der Waals surface area contributed by atoms with E-state index < -0.39 is 0 Å².